The van der Waals surface area contributed by atoms with Crippen molar-refractivity contribution in [1.82, 2.24) is 26.3 Å². The lowest BCUT2D eigenvalue weighted by molar-refractivity contribution is -0.134. The molecule has 11 heteroatoms. The molecule has 0 spiro atoms. The van der Waals surface area contributed by atoms with E-state index < -0.39 is 36.1 Å². The van der Waals surface area contributed by atoms with E-state index in [0.717, 1.165) is 36.5 Å². The Balaban J connectivity index is 1.44. The summed E-state index contributed by atoms with van der Waals surface area (Å²) in [5.41, 5.74) is 0.716. The minimum absolute atomic E-state index is 0.0987. The second kappa shape index (κ2) is 21.5. The van der Waals surface area contributed by atoms with Crippen LogP contribution in [0.4, 0.5) is 0 Å². The summed E-state index contributed by atoms with van der Waals surface area (Å²) >= 11 is 0. The first-order valence-electron chi connectivity index (χ1n) is 20.2. The van der Waals surface area contributed by atoms with Gasteiger partial charge in [0.2, 0.25) is 17.7 Å². The maximum Gasteiger partial charge on any atom is 0.258 e. The average molecular weight is 758 g/mol. The number of aromatic nitrogens is 1. The first-order valence-corrected chi connectivity index (χ1v) is 20.2. The van der Waals surface area contributed by atoms with Crippen molar-refractivity contribution in [2.45, 2.75) is 124 Å². The number of carbonyl (C=O) groups is 4. The molecule has 1 heterocycles. The van der Waals surface area contributed by atoms with Crippen LogP contribution in [0.5, 0.6) is 5.75 Å². The molecule has 0 radical (unpaired) electrons. The molecular formula is C44H63N5O6. The molecule has 0 saturated heterocycles. The van der Waals surface area contributed by atoms with E-state index in [1.807, 2.05) is 102 Å². The van der Waals surface area contributed by atoms with Gasteiger partial charge in [0, 0.05) is 17.5 Å². The van der Waals surface area contributed by atoms with Gasteiger partial charge in [0.05, 0.1) is 24.4 Å². The largest absolute Gasteiger partial charge is 0.483 e. The summed E-state index contributed by atoms with van der Waals surface area (Å²) in [7, 11) is 0. The first-order chi connectivity index (χ1) is 26.4. The van der Waals surface area contributed by atoms with Crippen LogP contribution >= 0.6 is 0 Å². The molecule has 6 atom stereocenters. The molecule has 2 unspecified atom stereocenters. The Labute approximate surface area is 327 Å². The molecule has 3 aromatic rings. The van der Waals surface area contributed by atoms with Crippen molar-refractivity contribution in [3.63, 3.8) is 0 Å². The standard InChI is InChI=1S/C44H63N5O6/c1-7-30(6)41(43(53)46-26-33-20-13-14-23-45-33)49-42(52)35(28(2)3)25-37(50)36(24-31-16-9-8-10-17-31)47-44(54)40(29(4)5)48-39(51)27-55-38-22-15-19-32-18-11-12-21-34(32)38/h11-15,18-23,28-31,35-37,40-41,50H,7-10,16-17,24-27H2,1-6H3,(H,46,53)(H,47,54)(H,48,51)(H,49,52)/t30?,35-,36-,37-,40?,41-/m0/s1. The van der Waals surface area contributed by atoms with Crippen LogP contribution in [0.25, 0.3) is 10.8 Å². The Morgan fingerprint density at radius 3 is 2.18 bits per heavy atom. The summed E-state index contributed by atoms with van der Waals surface area (Å²) in [5, 5.41) is 25.7. The quantitative estimate of drug-likeness (QED) is 0.0935. The van der Waals surface area contributed by atoms with Gasteiger partial charge in [0.25, 0.3) is 5.91 Å². The summed E-state index contributed by atoms with van der Waals surface area (Å²) < 4.78 is 5.90. The summed E-state index contributed by atoms with van der Waals surface area (Å²) in [6, 6.07) is 16.7. The molecule has 1 fully saturated rings. The van der Waals surface area contributed by atoms with E-state index in [1.54, 1.807) is 6.20 Å². The van der Waals surface area contributed by atoms with Crippen molar-refractivity contribution in [2.24, 2.45) is 29.6 Å². The van der Waals surface area contributed by atoms with Gasteiger partial charge in [-0.05, 0) is 60.1 Å². The van der Waals surface area contributed by atoms with Gasteiger partial charge in [-0.1, -0.05) is 123 Å². The van der Waals surface area contributed by atoms with Crippen LogP contribution < -0.4 is 26.0 Å². The highest BCUT2D eigenvalue weighted by Gasteiger charge is 2.36. The fourth-order valence-corrected chi connectivity index (χ4v) is 7.44. The molecule has 1 saturated carbocycles. The third-order valence-electron chi connectivity index (χ3n) is 11.1. The molecule has 300 valence electrons. The van der Waals surface area contributed by atoms with Crippen LogP contribution in [0.3, 0.4) is 0 Å². The molecule has 11 nitrogen and oxygen atoms in total. The van der Waals surface area contributed by atoms with Crippen LogP contribution in [0.1, 0.15) is 98.6 Å². The van der Waals surface area contributed by atoms with Gasteiger partial charge in [0.1, 0.15) is 17.8 Å². The maximum atomic E-state index is 14.0. The fourth-order valence-electron chi connectivity index (χ4n) is 7.44. The number of aliphatic hydroxyl groups excluding tert-OH is 1. The monoisotopic (exact) mass is 757 g/mol. The van der Waals surface area contributed by atoms with E-state index in [2.05, 4.69) is 26.3 Å². The summed E-state index contributed by atoms with van der Waals surface area (Å²) in [6.45, 7) is 11.5. The molecule has 4 amide bonds. The van der Waals surface area contributed by atoms with Crippen molar-refractivity contribution in [1.29, 1.82) is 0 Å². The smallest absolute Gasteiger partial charge is 0.258 e. The lowest BCUT2D eigenvalue weighted by atomic mass is 9.80. The van der Waals surface area contributed by atoms with Crippen LogP contribution in [0.2, 0.25) is 0 Å². The van der Waals surface area contributed by atoms with E-state index >= 15 is 0 Å². The van der Waals surface area contributed by atoms with Gasteiger partial charge in [0.15, 0.2) is 6.61 Å². The molecule has 0 bridgehead atoms. The van der Waals surface area contributed by atoms with Gasteiger partial charge in [-0.3, -0.25) is 24.2 Å². The van der Waals surface area contributed by atoms with E-state index in [-0.39, 0.29) is 55.0 Å². The van der Waals surface area contributed by atoms with Crippen LogP contribution in [0.15, 0.2) is 66.9 Å². The normalized spacial score (nSPS) is 16.7. The molecule has 0 aliphatic heterocycles. The number of hydrogen-bond acceptors (Lipinski definition) is 7. The minimum Gasteiger partial charge on any atom is -0.483 e. The van der Waals surface area contributed by atoms with E-state index in [4.69, 9.17) is 4.74 Å². The summed E-state index contributed by atoms with van der Waals surface area (Å²) in [6.07, 6.45) is 7.34. The van der Waals surface area contributed by atoms with Crippen LogP contribution in [0, 0.1) is 29.6 Å². The van der Waals surface area contributed by atoms with Gasteiger partial charge >= 0.3 is 0 Å². The Kier molecular flexibility index (Phi) is 16.9. The highest BCUT2D eigenvalue weighted by Crippen LogP contribution is 2.30. The number of ether oxygens (including phenoxy) is 1. The Morgan fingerprint density at radius 1 is 0.800 bits per heavy atom. The third-order valence-corrected chi connectivity index (χ3v) is 11.1. The SMILES string of the molecule is CCC(C)[C@H](NC(=O)[C@@H](C[C@H](O)[C@H](CC1CCCCC1)NC(=O)C(NC(=O)COc1cccc2ccccc12)C(C)C)C(C)C)C(=O)NCc1ccccn1. The fraction of sp³-hybridized carbons (Fsp3) is 0.568. The van der Waals surface area contributed by atoms with Gasteiger partial charge in [-0.2, -0.15) is 0 Å². The molecule has 1 aliphatic carbocycles. The summed E-state index contributed by atoms with van der Waals surface area (Å²) in [4.78, 5) is 58.8. The predicted octanol–water partition coefficient (Wildman–Crippen LogP) is 6.08. The molecule has 55 heavy (non-hydrogen) atoms. The first kappa shape index (κ1) is 43.2. The number of aliphatic hydroxyl groups is 1. The average Bonchev–Trinajstić information content (AvgIpc) is 3.19. The van der Waals surface area contributed by atoms with Crippen molar-refractivity contribution in [3.8, 4) is 5.75 Å². The molecule has 1 aliphatic rings. The van der Waals surface area contributed by atoms with Gasteiger partial charge in [-0.15, -0.1) is 0 Å². The number of amides is 4. The molecule has 1 aromatic heterocycles. The maximum absolute atomic E-state index is 14.0. The Hall–Kier alpha value is -4.51. The second-order valence-corrected chi connectivity index (χ2v) is 16.0. The summed E-state index contributed by atoms with van der Waals surface area (Å²) in [5.74, 6) is -1.67. The zero-order valence-corrected chi connectivity index (χ0v) is 33.6. The highest BCUT2D eigenvalue weighted by molar-refractivity contribution is 5.91. The van der Waals surface area contributed by atoms with E-state index in [9.17, 15) is 24.3 Å². The van der Waals surface area contributed by atoms with E-state index in [0.29, 0.717) is 30.2 Å². The topological polar surface area (TPSA) is 159 Å². The zero-order valence-electron chi connectivity index (χ0n) is 33.6. The van der Waals surface area contributed by atoms with Crippen molar-refractivity contribution in [2.75, 3.05) is 6.61 Å². The van der Waals surface area contributed by atoms with Crippen molar-refractivity contribution < 1.29 is 29.0 Å². The van der Waals surface area contributed by atoms with Crippen LogP contribution in [-0.2, 0) is 25.7 Å². The second-order valence-electron chi connectivity index (χ2n) is 16.0. The lowest BCUT2D eigenvalue weighted by Crippen LogP contribution is -2.56. The predicted molar refractivity (Wildman–Crippen MR) is 216 cm³/mol. The van der Waals surface area contributed by atoms with Gasteiger partial charge < -0.3 is 31.1 Å². The number of nitrogens with one attached hydrogen (secondary N) is 4. The minimum atomic E-state index is -1.04. The number of pyridine rings is 1. The highest BCUT2D eigenvalue weighted by atomic mass is 16.5. The molecule has 2 aromatic carbocycles. The lowest BCUT2D eigenvalue weighted by Gasteiger charge is -2.34. The third kappa shape index (κ3) is 13.0. The van der Waals surface area contributed by atoms with E-state index in [1.165, 1.54) is 6.42 Å². The number of hydrogen-bond donors (Lipinski definition) is 5. The molecular weight excluding hydrogens is 695 g/mol. The molecule has 5 N–H and O–H groups in total. The van der Waals surface area contributed by atoms with Crippen LogP contribution in [-0.4, -0.2) is 64.6 Å². The number of nitrogens with zero attached hydrogens (tertiary/aromatic N) is 1. The number of rotatable bonds is 20. The van der Waals surface area contributed by atoms with Crippen molar-refractivity contribution >= 4 is 34.4 Å². The number of fused-ring (bicyclic) bond motifs is 1. The Bertz CT molecular complexity index is 1670. The Morgan fingerprint density at radius 2 is 1.51 bits per heavy atom. The van der Waals surface area contributed by atoms with Crippen molar-refractivity contribution in [3.05, 3.63) is 72.6 Å². The molecule has 4 rings (SSSR count). The zero-order chi connectivity index (χ0) is 39.9. The number of benzene rings is 2. The number of carbonyl (C=O) groups excluding carboxylic acids is 4. The van der Waals surface area contributed by atoms with Gasteiger partial charge in [-0.25, -0.2) is 0 Å².